The number of nitrogens with two attached hydrogens (primary N) is 2. The number of aliphatic imine (C=N–C) groups is 1. The van der Waals surface area contributed by atoms with E-state index in [0.29, 0.717) is 11.3 Å². The highest BCUT2D eigenvalue weighted by molar-refractivity contribution is 7.98. The Morgan fingerprint density at radius 3 is 2.53 bits per heavy atom. The van der Waals surface area contributed by atoms with E-state index >= 15 is 0 Å². The maximum Gasteiger partial charge on any atom is 0.251 e. The monoisotopic (exact) mass is 428 g/mol. The standard InChI is InChI=1S/C20H23N5O4S/c1-30-15-7-3-4-12(9-15)16(10-18(27)28)25-17(26)11-23-19(29)13-5-2-6-14(8-13)24-20(21)22/h2-9,16H,10-11H2,1H3,(H,23,29)(H,25,26)(H,27,28)(H4,21,22,24)/p-1. The molecule has 1 atom stereocenters. The van der Waals surface area contributed by atoms with Crippen molar-refractivity contribution < 1.29 is 19.5 Å². The normalized spacial score (nSPS) is 11.2. The van der Waals surface area contributed by atoms with E-state index in [1.807, 2.05) is 12.3 Å². The second-order valence-corrected chi connectivity index (χ2v) is 7.12. The number of benzene rings is 2. The fourth-order valence-electron chi connectivity index (χ4n) is 2.65. The highest BCUT2D eigenvalue weighted by Gasteiger charge is 2.16. The lowest BCUT2D eigenvalue weighted by atomic mass is 10.0. The molecule has 10 heteroatoms. The van der Waals surface area contributed by atoms with Crippen LogP contribution in [-0.2, 0) is 9.59 Å². The largest absolute Gasteiger partial charge is 0.550 e. The minimum Gasteiger partial charge on any atom is -0.550 e. The molecule has 0 aliphatic carbocycles. The molecule has 0 saturated heterocycles. The van der Waals surface area contributed by atoms with Crippen LogP contribution in [0.15, 0.2) is 58.4 Å². The van der Waals surface area contributed by atoms with E-state index in [2.05, 4.69) is 15.6 Å². The van der Waals surface area contributed by atoms with Crippen LogP contribution in [0.4, 0.5) is 5.69 Å². The van der Waals surface area contributed by atoms with Gasteiger partial charge in [-0.1, -0.05) is 18.2 Å². The molecule has 0 heterocycles. The van der Waals surface area contributed by atoms with Gasteiger partial charge in [-0.15, -0.1) is 11.8 Å². The lowest BCUT2D eigenvalue weighted by molar-refractivity contribution is -0.306. The summed E-state index contributed by atoms with van der Waals surface area (Å²) < 4.78 is 0. The Hall–Kier alpha value is -3.53. The zero-order valence-corrected chi connectivity index (χ0v) is 17.1. The van der Waals surface area contributed by atoms with Gasteiger partial charge in [0, 0.05) is 22.8 Å². The van der Waals surface area contributed by atoms with Gasteiger partial charge in [-0.3, -0.25) is 9.59 Å². The van der Waals surface area contributed by atoms with Crippen molar-refractivity contribution in [3.63, 3.8) is 0 Å². The number of guanidine groups is 1. The van der Waals surface area contributed by atoms with Crippen molar-refractivity contribution >= 4 is 41.2 Å². The number of carbonyl (C=O) groups excluding carboxylic acids is 3. The van der Waals surface area contributed by atoms with Crippen molar-refractivity contribution in [3.8, 4) is 0 Å². The van der Waals surface area contributed by atoms with E-state index in [-0.39, 0.29) is 18.1 Å². The number of aliphatic carboxylic acids is 1. The van der Waals surface area contributed by atoms with E-state index in [9.17, 15) is 19.5 Å². The van der Waals surface area contributed by atoms with Gasteiger partial charge >= 0.3 is 0 Å². The molecule has 6 N–H and O–H groups in total. The SMILES string of the molecule is CSc1cccc(C(CC(=O)[O-])NC(=O)CNC(=O)c2cccc(N=C(N)N)c2)c1. The van der Waals surface area contributed by atoms with Crippen LogP contribution in [0.3, 0.4) is 0 Å². The summed E-state index contributed by atoms with van der Waals surface area (Å²) >= 11 is 1.50. The molecule has 158 valence electrons. The summed E-state index contributed by atoms with van der Waals surface area (Å²) in [5.41, 5.74) is 11.9. The van der Waals surface area contributed by atoms with Crippen molar-refractivity contribution in [2.45, 2.75) is 17.4 Å². The van der Waals surface area contributed by atoms with Gasteiger partial charge in [-0.2, -0.15) is 0 Å². The molecule has 2 amide bonds. The fourth-order valence-corrected chi connectivity index (χ4v) is 3.12. The molecular formula is C20H22N5O4S-. The van der Waals surface area contributed by atoms with Crippen LogP contribution < -0.4 is 27.2 Å². The first-order valence-electron chi connectivity index (χ1n) is 8.89. The van der Waals surface area contributed by atoms with Crippen LogP contribution in [-0.4, -0.2) is 36.5 Å². The van der Waals surface area contributed by atoms with Crippen molar-refractivity contribution in [2.75, 3.05) is 12.8 Å². The second-order valence-electron chi connectivity index (χ2n) is 6.24. The number of hydrogen-bond donors (Lipinski definition) is 4. The number of carboxylic acids is 1. The third-order valence-corrected chi connectivity index (χ3v) is 4.70. The molecule has 1 unspecified atom stereocenters. The van der Waals surface area contributed by atoms with E-state index in [1.54, 1.807) is 36.4 Å². The summed E-state index contributed by atoms with van der Waals surface area (Å²) in [6, 6.07) is 12.6. The van der Waals surface area contributed by atoms with Crippen LogP contribution in [0.1, 0.15) is 28.4 Å². The number of thioether (sulfide) groups is 1. The maximum atomic E-state index is 12.3. The van der Waals surface area contributed by atoms with E-state index < -0.39 is 30.2 Å². The molecule has 0 saturated carbocycles. The van der Waals surface area contributed by atoms with Gasteiger partial charge in [0.2, 0.25) is 5.91 Å². The maximum absolute atomic E-state index is 12.3. The number of nitrogens with one attached hydrogen (secondary N) is 2. The summed E-state index contributed by atoms with van der Waals surface area (Å²) in [6.07, 6.45) is 1.50. The molecule has 0 radical (unpaired) electrons. The van der Waals surface area contributed by atoms with Gasteiger partial charge in [0.15, 0.2) is 5.96 Å². The Morgan fingerprint density at radius 2 is 1.87 bits per heavy atom. The highest BCUT2D eigenvalue weighted by atomic mass is 32.2. The van der Waals surface area contributed by atoms with E-state index in [0.717, 1.165) is 4.90 Å². The van der Waals surface area contributed by atoms with Crippen LogP contribution >= 0.6 is 11.8 Å². The third kappa shape index (κ3) is 7.13. The Morgan fingerprint density at radius 1 is 1.13 bits per heavy atom. The molecule has 2 aromatic rings. The predicted molar refractivity (Wildman–Crippen MR) is 113 cm³/mol. The Labute approximate surface area is 177 Å². The smallest absolute Gasteiger partial charge is 0.251 e. The molecule has 30 heavy (non-hydrogen) atoms. The van der Waals surface area contributed by atoms with Crippen LogP contribution in [0, 0.1) is 0 Å². The van der Waals surface area contributed by atoms with Gasteiger partial charge in [0.05, 0.1) is 18.3 Å². The number of carboxylic acid groups (broad SMARTS) is 1. The topological polar surface area (TPSA) is 163 Å². The zero-order valence-electron chi connectivity index (χ0n) is 16.3. The Bertz CT molecular complexity index is 960. The van der Waals surface area contributed by atoms with Gasteiger partial charge in [-0.25, -0.2) is 4.99 Å². The number of rotatable bonds is 9. The number of amides is 2. The second kappa shape index (κ2) is 10.9. The molecule has 0 spiro atoms. The van der Waals surface area contributed by atoms with Gasteiger partial charge in [0.25, 0.3) is 5.91 Å². The molecule has 0 fully saturated rings. The summed E-state index contributed by atoms with van der Waals surface area (Å²) in [7, 11) is 0. The first-order chi connectivity index (χ1) is 14.3. The fraction of sp³-hybridized carbons (Fsp3) is 0.200. The highest BCUT2D eigenvalue weighted by Crippen LogP contribution is 2.22. The zero-order chi connectivity index (χ0) is 22.1. The summed E-state index contributed by atoms with van der Waals surface area (Å²) in [4.78, 5) is 40.5. The molecule has 2 aromatic carbocycles. The van der Waals surface area contributed by atoms with Crippen molar-refractivity contribution in [1.29, 1.82) is 0 Å². The predicted octanol–water partition coefficient (Wildman–Crippen LogP) is 0.0407. The molecular weight excluding hydrogens is 406 g/mol. The number of carbonyl (C=O) groups is 3. The molecule has 0 aromatic heterocycles. The Balaban J connectivity index is 2.02. The van der Waals surface area contributed by atoms with Crippen LogP contribution in [0.25, 0.3) is 0 Å². The van der Waals surface area contributed by atoms with Crippen LogP contribution in [0.5, 0.6) is 0 Å². The summed E-state index contributed by atoms with van der Waals surface area (Å²) in [5.74, 6) is -2.48. The van der Waals surface area contributed by atoms with Gasteiger partial charge in [0.1, 0.15) is 0 Å². The molecule has 0 aliphatic rings. The molecule has 0 aliphatic heterocycles. The van der Waals surface area contributed by atoms with Gasteiger partial charge < -0.3 is 32.0 Å². The molecule has 9 nitrogen and oxygen atoms in total. The number of nitrogens with zero attached hydrogens (tertiary/aromatic N) is 1. The Kier molecular flexibility index (Phi) is 8.24. The quantitative estimate of drug-likeness (QED) is 0.249. The minimum absolute atomic E-state index is 0.142. The average molecular weight is 428 g/mol. The number of hydrogen-bond acceptors (Lipinski definition) is 6. The van der Waals surface area contributed by atoms with Crippen molar-refractivity contribution in [3.05, 3.63) is 59.7 Å². The van der Waals surface area contributed by atoms with E-state index in [4.69, 9.17) is 11.5 Å². The third-order valence-electron chi connectivity index (χ3n) is 3.98. The molecule has 2 rings (SSSR count). The first kappa shape index (κ1) is 22.8. The van der Waals surface area contributed by atoms with Crippen molar-refractivity contribution in [1.82, 2.24) is 10.6 Å². The van der Waals surface area contributed by atoms with Crippen LogP contribution in [0.2, 0.25) is 0 Å². The summed E-state index contributed by atoms with van der Waals surface area (Å²) in [6.45, 7) is -0.336. The van der Waals surface area contributed by atoms with E-state index in [1.165, 1.54) is 17.8 Å². The average Bonchev–Trinajstić information content (AvgIpc) is 2.71. The lowest BCUT2D eigenvalue weighted by Gasteiger charge is -2.20. The minimum atomic E-state index is -1.30. The van der Waals surface area contributed by atoms with Crippen molar-refractivity contribution in [2.24, 2.45) is 16.5 Å². The summed E-state index contributed by atoms with van der Waals surface area (Å²) in [5, 5.41) is 16.2. The molecule has 0 bridgehead atoms. The van der Waals surface area contributed by atoms with Gasteiger partial charge in [-0.05, 0) is 42.2 Å². The first-order valence-corrected chi connectivity index (χ1v) is 10.1. The lowest BCUT2D eigenvalue weighted by Crippen LogP contribution is -2.40.